The fraction of sp³-hybridized carbons (Fsp3) is 0.500. The number of H-pyrrole nitrogens is 1. The van der Waals surface area contributed by atoms with Gasteiger partial charge < -0.3 is 10.4 Å². The topological polar surface area (TPSA) is 78.0 Å². The summed E-state index contributed by atoms with van der Waals surface area (Å²) in [4.78, 5) is 11.0. The lowest BCUT2D eigenvalue weighted by Gasteiger charge is -2.16. The number of hydrogen-bond donors (Lipinski definition) is 3. The Labute approximate surface area is 88.3 Å². The maximum absolute atomic E-state index is 12.5. The molecule has 0 aliphatic heterocycles. The van der Waals surface area contributed by atoms with Gasteiger partial charge in [-0.1, -0.05) is 0 Å². The third-order valence-electron chi connectivity index (χ3n) is 1.82. The van der Waals surface area contributed by atoms with E-state index in [1.54, 1.807) is 5.10 Å². The van der Waals surface area contributed by atoms with E-state index < -0.39 is 29.0 Å². The molecule has 0 aromatic carbocycles. The largest absolute Gasteiger partial charge is 0.423 e. The fourth-order valence-corrected chi connectivity index (χ4v) is 1.10. The average molecular weight is 237 g/mol. The van der Waals surface area contributed by atoms with Crippen molar-refractivity contribution in [3.8, 4) is 0 Å². The summed E-state index contributed by atoms with van der Waals surface area (Å²) >= 11 is 0. The molecule has 1 aromatic rings. The minimum atomic E-state index is -4.77. The van der Waals surface area contributed by atoms with Crippen LogP contribution in [0.2, 0.25) is 0 Å². The maximum Gasteiger partial charge on any atom is 0.423 e. The van der Waals surface area contributed by atoms with E-state index in [0.29, 0.717) is 0 Å². The Morgan fingerprint density at radius 3 is 2.75 bits per heavy atom. The van der Waals surface area contributed by atoms with Crippen LogP contribution in [0, 0.1) is 0 Å². The van der Waals surface area contributed by atoms with Gasteiger partial charge in [-0.3, -0.25) is 4.79 Å². The minimum Gasteiger partial charge on any atom is -0.394 e. The van der Waals surface area contributed by atoms with Gasteiger partial charge >= 0.3 is 6.18 Å². The zero-order valence-corrected chi connectivity index (χ0v) is 8.30. The number of rotatable bonds is 3. The highest BCUT2D eigenvalue weighted by atomic mass is 19.4. The third-order valence-corrected chi connectivity index (χ3v) is 1.82. The molecule has 0 amide bonds. The predicted molar refractivity (Wildman–Crippen MR) is 50.0 cm³/mol. The molecular formula is C8H10F3N3O2. The van der Waals surface area contributed by atoms with E-state index in [2.05, 4.69) is 10.4 Å². The Balaban J connectivity index is 3.19. The van der Waals surface area contributed by atoms with Crippen molar-refractivity contribution in [2.75, 3.05) is 11.9 Å². The molecule has 16 heavy (non-hydrogen) atoms. The smallest absolute Gasteiger partial charge is 0.394 e. The van der Waals surface area contributed by atoms with Crippen LogP contribution in [0.3, 0.4) is 0 Å². The summed E-state index contributed by atoms with van der Waals surface area (Å²) < 4.78 is 37.5. The van der Waals surface area contributed by atoms with Crippen LogP contribution in [0.1, 0.15) is 12.5 Å². The normalized spacial score (nSPS) is 13.6. The monoisotopic (exact) mass is 237 g/mol. The Morgan fingerprint density at radius 2 is 2.25 bits per heavy atom. The minimum absolute atomic E-state index is 0.357. The number of hydrogen-bond acceptors (Lipinski definition) is 4. The summed E-state index contributed by atoms with van der Waals surface area (Å²) in [5.41, 5.74) is -3.11. The van der Waals surface area contributed by atoms with Crippen LogP contribution in [0.5, 0.6) is 0 Å². The summed E-state index contributed by atoms with van der Waals surface area (Å²) in [6.07, 6.45) is -3.91. The number of alkyl halides is 3. The van der Waals surface area contributed by atoms with Crippen molar-refractivity contribution >= 4 is 5.69 Å². The molecule has 8 heteroatoms. The highest BCUT2D eigenvalue weighted by Crippen LogP contribution is 2.31. The van der Waals surface area contributed by atoms with E-state index in [4.69, 9.17) is 5.11 Å². The van der Waals surface area contributed by atoms with Crippen molar-refractivity contribution in [2.24, 2.45) is 0 Å². The molecule has 0 fully saturated rings. The Hall–Kier alpha value is -1.57. The Morgan fingerprint density at radius 1 is 1.62 bits per heavy atom. The van der Waals surface area contributed by atoms with Crippen LogP contribution in [-0.2, 0) is 6.18 Å². The Bertz CT molecular complexity index is 416. The third kappa shape index (κ3) is 2.72. The molecule has 0 spiro atoms. The molecule has 0 saturated carbocycles. The van der Waals surface area contributed by atoms with Crippen LogP contribution in [0.4, 0.5) is 18.9 Å². The van der Waals surface area contributed by atoms with E-state index >= 15 is 0 Å². The molecule has 0 bridgehead atoms. The number of aliphatic hydroxyl groups is 1. The lowest BCUT2D eigenvalue weighted by molar-refractivity contribution is -0.138. The van der Waals surface area contributed by atoms with E-state index in [-0.39, 0.29) is 6.61 Å². The number of aromatic nitrogens is 2. The second kappa shape index (κ2) is 4.52. The molecule has 0 aliphatic carbocycles. The van der Waals surface area contributed by atoms with E-state index in [1.807, 2.05) is 0 Å². The molecule has 1 unspecified atom stereocenters. The molecule has 5 nitrogen and oxygen atoms in total. The summed E-state index contributed by atoms with van der Waals surface area (Å²) in [6, 6.07) is -0.607. The lowest BCUT2D eigenvalue weighted by Crippen LogP contribution is -2.28. The summed E-state index contributed by atoms with van der Waals surface area (Å²) in [7, 11) is 0. The number of aromatic amines is 1. The van der Waals surface area contributed by atoms with Gasteiger partial charge in [-0.15, -0.1) is 0 Å². The molecular weight excluding hydrogens is 227 g/mol. The molecule has 3 N–H and O–H groups in total. The van der Waals surface area contributed by atoms with Crippen molar-refractivity contribution in [2.45, 2.75) is 19.1 Å². The number of nitrogens with one attached hydrogen (secondary N) is 2. The number of anilines is 1. The predicted octanol–water partition coefficient (Wildman–Crippen LogP) is 0.581. The summed E-state index contributed by atoms with van der Waals surface area (Å²) in [5.74, 6) is 0. The molecule has 1 atom stereocenters. The molecule has 0 radical (unpaired) electrons. The van der Waals surface area contributed by atoms with Crippen LogP contribution in [-0.4, -0.2) is 28.0 Å². The molecule has 0 saturated heterocycles. The first-order valence-corrected chi connectivity index (χ1v) is 4.38. The number of nitrogens with zero attached hydrogens (tertiary/aromatic N) is 1. The first kappa shape index (κ1) is 12.5. The standard InChI is InChI=1S/C8H10F3N3O2/c1-4(3-15)13-5-2-12-14-7(16)6(5)8(9,10)11/h2,4,15H,3H2,1H3,(H2,13,14,16). The van der Waals surface area contributed by atoms with Crippen molar-refractivity contribution in [1.29, 1.82) is 0 Å². The number of aliphatic hydroxyl groups excluding tert-OH is 1. The quantitative estimate of drug-likeness (QED) is 0.718. The SMILES string of the molecule is CC(CO)Nc1cn[nH]c(=O)c1C(F)(F)F. The van der Waals surface area contributed by atoms with Gasteiger partial charge in [0, 0.05) is 6.04 Å². The zero-order valence-electron chi connectivity index (χ0n) is 8.30. The first-order valence-electron chi connectivity index (χ1n) is 4.38. The van der Waals surface area contributed by atoms with Crippen molar-refractivity contribution < 1.29 is 18.3 Å². The molecule has 0 aliphatic rings. The van der Waals surface area contributed by atoms with Crippen LogP contribution in [0.15, 0.2) is 11.0 Å². The van der Waals surface area contributed by atoms with E-state index in [1.165, 1.54) is 6.92 Å². The zero-order chi connectivity index (χ0) is 12.3. The van der Waals surface area contributed by atoms with E-state index in [9.17, 15) is 18.0 Å². The average Bonchev–Trinajstić information content (AvgIpc) is 2.15. The molecule has 1 aromatic heterocycles. The fourth-order valence-electron chi connectivity index (χ4n) is 1.10. The van der Waals surface area contributed by atoms with E-state index in [0.717, 1.165) is 6.20 Å². The second-order valence-electron chi connectivity index (χ2n) is 3.21. The van der Waals surface area contributed by atoms with Gasteiger partial charge in [-0.25, -0.2) is 5.10 Å². The van der Waals surface area contributed by atoms with Crippen LogP contribution >= 0.6 is 0 Å². The van der Waals surface area contributed by atoms with Gasteiger partial charge in [0.15, 0.2) is 0 Å². The second-order valence-corrected chi connectivity index (χ2v) is 3.21. The summed E-state index contributed by atoms with van der Waals surface area (Å²) in [5, 5.41) is 16.0. The van der Waals surface area contributed by atoms with Gasteiger partial charge in [0.05, 0.1) is 18.5 Å². The van der Waals surface area contributed by atoms with Crippen LogP contribution < -0.4 is 10.9 Å². The van der Waals surface area contributed by atoms with Crippen LogP contribution in [0.25, 0.3) is 0 Å². The molecule has 1 heterocycles. The van der Waals surface area contributed by atoms with Crippen molar-refractivity contribution in [3.05, 3.63) is 22.1 Å². The molecule has 90 valence electrons. The van der Waals surface area contributed by atoms with Crippen molar-refractivity contribution in [3.63, 3.8) is 0 Å². The number of halogens is 3. The van der Waals surface area contributed by atoms with Gasteiger partial charge in [0.2, 0.25) is 0 Å². The highest BCUT2D eigenvalue weighted by molar-refractivity contribution is 5.49. The lowest BCUT2D eigenvalue weighted by atomic mass is 10.2. The highest BCUT2D eigenvalue weighted by Gasteiger charge is 2.37. The van der Waals surface area contributed by atoms with Gasteiger partial charge in [-0.2, -0.15) is 18.3 Å². The van der Waals surface area contributed by atoms with Gasteiger partial charge in [0.1, 0.15) is 5.56 Å². The Kier molecular flexibility index (Phi) is 3.53. The van der Waals surface area contributed by atoms with Gasteiger partial charge in [-0.05, 0) is 6.92 Å². The molecule has 1 rings (SSSR count). The maximum atomic E-state index is 12.5. The first-order chi connectivity index (χ1) is 7.36. The summed E-state index contributed by atoms with van der Waals surface area (Å²) in [6.45, 7) is 1.12. The van der Waals surface area contributed by atoms with Gasteiger partial charge in [0.25, 0.3) is 5.56 Å². The van der Waals surface area contributed by atoms with Crippen molar-refractivity contribution in [1.82, 2.24) is 10.2 Å².